The van der Waals surface area contributed by atoms with E-state index in [1.165, 1.54) is 10.5 Å². The van der Waals surface area contributed by atoms with E-state index in [2.05, 4.69) is 10.1 Å². The zero-order chi connectivity index (χ0) is 17.5. The van der Waals surface area contributed by atoms with Crippen molar-refractivity contribution in [1.82, 2.24) is 14.8 Å². The van der Waals surface area contributed by atoms with Gasteiger partial charge in [0.2, 0.25) is 0 Å². The molecule has 2 aromatic heterocycles. The molecule has 1 aromatic carbocycles. The molecule has 0 saturated heterocycles. The van der Waals surface area contributed by atoms with Crippen LogP contribution in [0.15, 0.2) is 47.5 Å². The minimum Gasteiger partial charge on any atom is -0.264 e. The summed E-state index contributed by atoms with van der Waals surface area (Å²) in [5.74, 6) is 0. The highest BCUT2D eigenvalue weighted by atomic mass is 32.2. The summed E-state index contributed by atoms with van der Waals surface area (Å²) >= 11 is 0. The van der Waals surface area contributed by atoms with Crippen LogP contribution in [0.5, 0.6) is 0 Å². The summed E-state index contributed by atoms with van der Waals surface area (Å²) in [6.07, 6.45) is 1.40. The Hall–Kier alpha value is -2.41. The molecule has 0 radical (unpaired) electrons. The van der Waals surface area contributed by atoms with Crippen LogP contribution >= 0.6 is 0 Å². The lowest BCUT2D eigenvalue weighted by Gasteiger charge is -2.28. The third-order valence-electron chi connectivity index (χ3n) is 3.87. The molecular weight excluding hydrogens is 324 g/mol. The van der Waals surface area contributed by atoms with Crippen molar-refractivity contribution in [2.24, 2.45) is 7.05 Å². The molecule has 2 heterocycles. The molecule has 0 unspecified atom stereocenters. The summed E-state index contributed by atoms with van der Waals surface area (Å²) in [5.41, 5.74) is 2.06. The van der Waals surface area contributed by atoms with E-state index in [1.54, 1.807) is 29.9 Å². The Balaban J connectivity index is 2.17. The van der Waals surface area contributed by atoms with E-state index < -0.39 is 10.0 Å². The van der Waals surface area contributed by atoms with Gasteiger partial charge in [-0.2, -0.15) is 5.10 Å². The smallest absolute Gasteiger partial charge is 0.264 e. The second-order valence-corrected chi connectivity index (χ2v) is 7.80. The first-order chi connectivity index (χ1) is 11.3. The molecular formula is C17H20N4O2S. The van der Waals surface area contributed by atoms with Crippen molar-refractivity contribution >= 4 is 26.7 Å². The van der Waals surface area contributed by atoms with E-state index in [4.69, 9.17) is 0 Å². The number of nitrogens with zero attached hydrogens (tertiary/aromatic N) is 4. The Bertz CT molecular complexity index is 978. The van der Waals surface area contributed by atoms with E-state index in [1.807, 2.05) is 39.0 Å². The van der Waals surface area contributed by atoms with Gasteiger partial charge in [-0.3, -0.25) is 8.99 Å². The lowest BCUT2D eigenvalue weighted by atomic mass is 10.3. The van der Waals surface area contributed by atoms with E-state index in [9.17, 15) is 8.42 Å². The lowest BCUT2D eigenvalue weighted by molar-refractivity contribution is 0.584. The molecule has 3 aromatic rings. The minimum atomic E-state index is -3.72. The maximum Gasteiger partial charge on any atom is 0.266 e. The largest absolute Gasteiger partial charge is 0.266 e. The van der Waals surface area contributed by atoms with Gasteiger partial charge >= 0.3 is 0 Å². The summed E-state index contributed by atoms with van der Waals surface area (Å²) in [4.78, 5) is 4.47. The third kappa shape index (κ3) is 2.65. The van der Waals surface area contributed by atoms with Crippen molar-refractivity contribution in [3.8, 4) is 0 Å². The number of fused-ring (bicyclic) bond motifs is 1. The molecule has 126 valence electrons. The molecule has 6 nitrogen and oxygen atoms in total. The van der Waals surface area contributed by atoms with Crippen LogP contribution in [0.4, 0.5) is 5.69 Å². The van der Waals surface area contributed by atoms with Gasteiger partial charge in [0.15, 0.2) is 5.65 Å². The lowest BCUT2D eigenvalue weighted by Crippen LogP contribution is -2.37. The first-order valence-corrected chi connectivity index (χ1v) is 9.15. The first kappa shape index (κ1) is 16.4. The molecule has 0 aliphatic rings. The number of rotatable bonds is 4. The number of anilines is 1. The van der Waals surface area contributed by atoms with Gasteiger partial charge in [0.1, 0.15) is 4.90 Å². The maximum atomic E-state index is 13.2. The summed E-state index contributed by atoms with van der Waals surface area (Å²) in [6.45, 7) is 5.55. The van der Waals surface area contributed by atoms with Crippen LogP contribution < -0.4 is 4.31 Å². The van der Waals surface area contributed by atoms with E-state index >= 15 is 0 Å². The third-order valence-corrected chi connectivity index (χ3v) is 5.84. The molecule has 3 rings (SSSR count). The Morgan fingerprint density at radius 3 is 2.46 bits per heavy atom. The van der Waals surface area contributed by atoms with Gasteiger partial charge in [0, 0.05) is 24.7 Å². The van der Waals surface area contributed by atoms with Gasteiger partial charge < -0.3 is 0 Å². The van der Waals surface area contributed by atoms with Gasteiger partial charge in [-0.1, -0.05) is 18.2 Å². The average Bonchev–Trinajstić information content (AvgIpc) is 2.82. The zero-order valence-corrected chi connectivity index (χ0v) is 14.9. The van der Waals surface area contributed by atoms with Crippen LogP contribution in [0.2, 0.25) is 0 Å². The quantitative estimate of drug-likeness (QED) is 0.730. The molecule has 0 fully saturated rings. The Morgan fingerprint density at radius 1 is 1.17 bits per heavy atom. The molecule has 0 bridgehead atoms. The second kappa shape index (κ2) is 5.90. The number of aryl methyl sites for hydroxylation is 2. The predicted molar refractivity (Wildman–Crippen MR) is 94.5 cm³/mol. The number of para-hydroxylation sites is 1. The van der Waals surface area contributed by atoms with E-state index in [-0.39, 0.29) is 10.9 Å². The fourth-order valence-electron chi connectivity index (χ4n) is 2.83. The number of hydrogen-bond acceptors (Lipinski definition) is 4. The van der Waals surface area contributed by atoms with Crippen LogP contribution in [0.25, 0.3) is 11.0 Å². The molecule has 0 amide bonds. The highest BCUT2D eigenvalue weighted by molar-refractivity contribution is 7.92. The molecule has 0 spiro atoms. The molecule has 0 aliphatic heterocycles. The van der Waals surface area contributed by atoms with Crippen molar-refractivity contribution in [1.29, 1.82) is 0 Å². The fourth-order valence-corrected chi connectivity index (χ4v) is 4.47. The number of sulfonamides is 1. The number of benzene rings is 1. The number of hydrogen-bond donors (Lipinski definition) is 0. The number of aromatic nitrogens is 3. The second-order valence-electron chi connectivity index (χ2n) is 5.98. The molecule has 7 heteroatoms. The topological polar surface area (TPSA) is 68.1 Å². The first-order valence-electron chi connectivity index (χ1n) is 7.71. The van der Waals surface area contributed by atoms with Crippen LogP contribution in [0.3, 0.4) is 0 Å². The van der Waals surface area contributed by atoms with Crippen molar-refractivity contribution in [3.63, 3.8) is 0 Å². The molecule has 0 atom stereocenters. The van der Waals surface area contributed by atoms with Crippen molar-refractivity contribution < 1.29 is 8.42 Å². The molecule has 0 N–H and O–H groups in total. The van der Waals surface area contributed by atoms with Crippen molar-refractivity contribution in [2.75, 3.05) is 4.31 Å². The zero-order valence-electron chi connectivity index (χ0n) is 14.1. The number of pyridine rings is 1. The van der Waals surface area contributed by atoms with Gasteiger partial charge in [0.05, 0.1) is 11.4 Å². The average molecular weight is 344 g/mol. The summed E-state index contributed by atoms with van der Waals surface area (Å²) in [7, 11) is -1.93. The summed E-state index contributed by atoms with van der Waals surface area (Å²) < 4.78 is 29.5. The Kier molecular flexibility index (Phi) is 4.04. The normalized spacial score (nSPS) is 12.0. The monoisotopic (exact) mass is 344 g/mol. The van der Waals surface area contributed by atoms with E-state index in [0.29, 0.717) is 11.3 Å². The predicted octanol–water partition coefficient (Wildman–Crippen LogP) is 2.88. The van der Waals surface area contributed by atoms with Gasteiger partial charge in [-0.25, -0.2) is 13.4 Å². The van der Waals surface area contributed by atoms with Crippen LogP contribution in [-0.2, 0) is 17.1 Å². The summed E-state index contributed by atoms with van der Waals surface area (Å²) in [5, 5.41) is 5.04. The van der Waals surface area contributed by atoms with Crippen LogP contribution in [0.1, 0.15) is 19.5 Å². The SMILES string of the molecule is Cc1nn(C)c2ncc(S(=O)(=O)N(c3ccccc3)C(C)C)cc12. The molecule has 24 heavy (non-hydrogen) atoms. The highest BCUT2D eigenvalue weighted by Crippen LogP contribution is 2.27. The van der Waals surface area contributed by atoms with Crippen LogP contribution in [0, 0.1) is 6.92 Å². The Labute approximate surface area is 141 Å². The molecule has 0 saturated carbocycles. The van der Waals surface area contributed by atoms with Crippen LogP contribution in [-0.4, -0.2) is 29.2 Å². The van der Waals surface area contributed by atoms with Crippen molar-refractivity contribution in [3.05, 3.63) is 48.3 Å². The molecule has 0 aliphatic carbocycles. The summed E-state index contributed by atoms with van der Waals surface area (Å²) in [6, 6.07) is 10.5. The fraction of sp³-hybridized carbons (Fsp3) is 0.294. The Morgan fingerprint density at radius 2 is 1.83 bits per heavy atom. The van der Waals surface area contributed by atoms with Gasteiger partial charge in [0.25, 0.3) is 10.0 Å². The van der Waals surface area contributed by atoms with E-state index in [0.717, 1.165) is 11.1 Å². The maximum absolute atomic E-state index is 13.2. The highest BCUT2D eigenvalue weighted by Gasteiger charge is 2.28. The standard InChI is InChI=1S/C17H20N4O2S/c1-12(2)21(14-8-6-5-7-9-14)24(22,23)15-10-16-13(3)19-20(4)17(16)18-11-15/h5-12H,1-4H3. The van der Waals surface area contributed by atoms with Gasteiger partial charge in [-0.05, 0) is 39.0 Å². The minimum absolute atomic E-state index is 0.170. The van der Waals surface area contributed by atoms with Crippen molar-refractivity contribution in [2.45, 2.75) is 31.7 Å². The van der Waals surface area contributed by atoms with Gasteiger partial charge in [-0.15, -0.1) is 0 Å².